The highest BCUT2D eigenvalue weighted by molar-refractivity contribution is 9.10. The van der Waals surface area contributed by atoms with Gasteiger partial charge in [-0.15, -0.1) is 11.3 Å². The molecule has 0 spiro atoms. The molecule has 0 aliphatic rings. The van der Waals surface area contributed by atoms with Crippen molar-refractivity contribution in [1.82, 2.24) is 5.32 Å². The van der Waals surface area contributed by atoms with Crippen LogP contribution in [0.4, 0.5) is 0 Å². The van der Waals surface area contributed by atoms with E-state index in [0.29, 0.717) is 6.04 Å². The highest BCUT2D eigenvalue weighted by atomic mass is 79.9. The molecule has 2 rings (SSSR count). The van der Waals surface area contributed by atoms with Gasteiger partial charge in [0.1, 0.15) is 0 Å². The number of halogens is 1. The Morgan fingerprint density at radius 1 is 1.14 bits per heavy atom. The third-order valence-electron chi connectivity index (χ3n) is 3.72. The van der Waals surface area contributed by atoms with Crippen molar-refractivity contribution < 1.29 is 0 Å². The molecule has 1 unspecified atom stereocenters. The van der Waals surface area contributed by atoms with Gasteiger partial charge in [-0.05, 0) is 67.8 Å². The lowest BCUT2D eigenvalue weighted by Gasteiger charge is -2.15. The first kappa shape index (κ1) is 16.7. The number of aryl methyl sites for hydroxylation is 2. The molecule has 1 atom stereocenters. The maximum atomic E-state index is 3.65. The first-order chi connectivity index (χ1) is 10.1. The molecule has 1 nitrogen and oxygen atoms in total. The summed E-state index contributed by atoms with van der Waals surface area (Å²) in [6, 6.07) is 9.60. The topological polar surface area (TPSA) is 12.0 Å². The fourth-order valence-corrected chi connectivity index (χ4v) is 4.00. The molecule has 1 N–H and O–H groups in total. The van der Waals surface area contributed by atoms with E-state index in [1.807, 2.05) is 11.3 Å². The molecule has 0 aliphatic carbocycles. The number of benzene rings is 1. The quantitative estimate of drug-likeness (QED) is 0.638. The number of hydrogen-bond donors (Lipinski definition) is 1. The second-order valence-electron chi connectivity index (χ2n) is 5.52. The number of hydrogen-bond acceptors (Lipinski definition) is 2. The van der Waals surface area contributed by atoms with Crippen molar-refractivity contribution in [3.63, 3.8) is 0 Å². The highest BCUT2D eigenvalue weighted by Crippen LogP contribution is 2.35. The smallest absolute Gasteiger partial charge is 0.0414 e. The minimum atomic E-state index is 0.497. The summed E-state index contributed by atoms with van der Waals surface area (Å²) >= 11 is 5.57. The molecule has 0 saturated carbocycles. The SMILES string of the molecule is CCCC(NCC)c1ccc(-c2cc(C)c(Br)c(C)c2)s1. The minimum Gasteiger partial charge on any atom is -0.310 e. The van der Waals surface area contributed by atoms with Crippen molar-refractivity contribution in [1.29, 1.82) is 0 Å². The van der Waals surface area contributed by atoms with E-state index in [0.717, 1.165) is 6.54 Å². The second kappa shape index (κ2) is 7.57. The zero-order valence-corrected chi connectivity index (χ0v) is 15.7. The van der Waals surface area contributed by atoms with Gasteiger partial charge in [-0.1, -0.05) is 36.2 Å². The van der Waals surface area contributed by atoms with Gasteiger partial charge in [-0.25, -0.2) is 0 Å². The summed E-state index contributed by atoms with van der Waals surface area (Å²) in [4.78, 5) is 2.81. The van der Waals surface area contributed by atoms with Gasteiger partial charge in [-0.3, -0.25) is 0 Å². The molecule has 0 bridgehead atoms. The normalized spacial score (nSPS) is 12.6. The third-order valence-corrected chi connectivity index (χ3v) is 6.22. The van der Waals surface area contributed by atoms with Crippen LogP contribution in [0.25, 0.3) is 10.4 Å². The molecule has 0 fully saturated rings. The average molecular weight is 366 g/mol. The van der Waals surface area contributed by atoms with E-state index in [1.165, 1.54) is 43.8 Å². The lowest BCUT2D eigenvalue weighted by molar-refractivity contribution is 0.516. The first-order valence-corrected chi connectivity index (χ1v) is 9.28. The van der Waals surface area contributed by atoms with Gasteiger partial charge in [0.25, 0.3) is 0 Å². The van der Waals surface area contributed by atoms with Crippen LogP contribution in [0.5, 0.6) is 0 Å². The van der Waals surface area contributed by atoms with Crippen molar-refractivity contribution in [3.8, 4) is 10.4 Å². The molecule has 2 aromatic rings. The molecule has 3 heteroatoms. The Labute approximate surface area is 140 Å². The summed E-state index contributed by atoms with van der Waals surface area (Å²) < 4.78 is 1.22. The molecule has 21 heavy (non-hydrogen) atoms. The summed E-state index contributed by atoms with van der Waals surface area (Å²) in [6.45, 7) is 9.77. The standard InChI is InChI=1S/C18H24BrNS/c1-5-7-15(20-6-2)17-9-8-16(21-17)14-10-12(3)18(19)13(4)11-14/h8-11,15,20H,5-7H2,1-4H3. The van der Waals surface area contributed by atoms with Crippen LogP contribution in [0.15, 0.2) is 28.7 Å². The van der Waals surface area contributed by atoms with E-state index in [4.69, 9.17) is 0 Å². The van der Waals surface area contributed by atoms with Crippen LogP contribution in [0.1, 0.15) is 48.7 Å². The van der Waals surface area contributed by atoms with Crippen LogP contribution in [0, 0.1) is 13.8 Å². The average Bonchev–Trinajstić information content (AvgIpc) is 2.93. The van der Waals surface area contributed by atoms with E-state index in [1.54, 1.807) is 0 Å². The maximum absolute atomic E-state index is 3.65. The van der Waals surface area contributed by atoms with Crippen molar-refractivity contribution in [2.45, 2.75) is 46.6 Å². The van der Waals surface area contributed by atoms with Gasteiger partial charge in [-0.2, -0.15) is 0 Å². The fourth-order valence-electron chi connectivity index (χ4n) is 2.66. The van der Waals surface area contributed by atoms with Crippen LogP contribution in [-0.4, -0.2) is 6.54 Å². The van der Waals surface area contributed by atoms with Gasteiger partial charge < -0.3 is 5.32 Å². The summed E-state index contributed by atoms with van der Waals surface area (Å²) in [7, 11) is 0. The molecule has 0 saturated heterocycles. The molecule has 0 radical (unpaired) electrons. The molecule has 1 aromatic carbocycles. The Morgan fingerprint density at radius 2 is 1.81 bits per heavy atom. The van der Waals surface area contributed by atoms with Crippen molar-refractivity contribution in [2.75, 3.05) is 6.54 Å². The Hall–Kier alpha value is -0.640. The summed E-state index contributed by atoms with van der Waals surface area (Å²) in [6.07, 6.45) is 2.41. The maximum Gasteiger partial charge on any atom is 0.0414 e. The van der Waals surface area contributed by atoms with Crippen LogP contribution in [-0.2, 0) is 0 Å². The Balaban J connectivity index is 2.30. The lowest BCUT2D eigenvalue weighted by atomic mass is 10.1. The molecule has 0 aliphatic heterocycles. The molecular weight excluding hydrogens is 342 g/mol. The predicted molar refractivity (Wildman–Crippen MR) is 98.3 cm³/mol. The first-order valence-electron chi connectivity index (χ1n) is 7.67. The lowest BCUT2D eigenvalue weighted by Crippen LogP contribution is -2.19. The Bertz CT molecular complexity index is 574. The molecule has 1 heterocycles. The summed E-state index contributed by atoms with van der Waals surface area (Å²) in [5.41, 5.74) is 3.93. The predicted octanol–water partition coefficient (Wildman–Crippen LogP) is 6.25. The van der Waals surface area contributed by atoms with Crippen LogP contribution < -0.4 is 5.32 Å². The van der Waals surface area contributed by atoms with Crippen LogP contribution in [0.2, 0.25) is 0 Å². The Morgan fingerprint density at radius 3 is 2.38 bits per heavy atom. The Kier molecular flexibility index (Phi) is 6.03. The minimum absolute atomic E-state index is 0.497. The van der Waals surface area contributed by atoms with E-state index >= 15 is 0 Å². The van der Waals surface area contributed by atoms with Gasteiger partial charge in [0.05, 0.1) is 0 Å². The van der Waals surface area contributed by atoms with Crippen LogP contribution in [0.3, 0.4) is 0 Å². The largest absolute Gasteiger partial charge is 0.310 e. The fraction of sp³-hybridized carbons (Fsp3) is 0.444. The van der Waals surface area contributed by atoms with E-state index < -0.39 is 0 Å². The van der Waals surface area contributed by atoms with E-state index in [2.05, 4.69) is 73.2 Å². The number of nitrogens with one attached hydrogen (secondary N) is 1. The zero-order valence-electron chi connectivity index (χ0n) is 13.3. The van der Waals surface area contributed by atoms with E-state index in [-0.39, 0.29) is 0 Å². The molecular formula is C18H24BrNS. The van der Waals surface area contributed by atoms with Gasteiger partial charge in [0.15, 0.2) is 0 Å². The van der Waals surface area contributed by atoms with Crippen LogP contribution >= 0.6 is 27.3 Å². The summed E-state index contributed by atoms with van der Waals surface area (Å²) in [5, 5.41) is 3.60. The number of thiophene rings is 1. The van der Waals surface area contributed by atoms with Crippen molar-refractivity contribution in [3.05, 3.63) is 44.7 Å². The number of rotatable bonds is 6. The van der Waals surface area contributed by atoms with Gasteiger partial charge >= 0.3 is 0 Å². The molecule has 0 amide bonds. The zero-order chi connectivity index (χ0) is 15.4. The highest BCUT2D eigenvalue weighted by Gasteiger charge is 2.13. The third kappa shape index (κ3) is 3.97. The molecule has 1 aromatic heterocycles. The monoisotopic (exact) mass is 365 g/mol. The second-order valence-corrected chi connectivity index (χ2v) is 7.43. The van der Waals surface area contributed by atoms with E-state index in [9.17, 15) is 0 Å². The van der Waals surface area contributed by atoms with Gasteiger partial charge in [0, 0.05) is 20.3 Å². The van der Waals surface area contributed by atoms with Crippen molar-refractivity contribution in [2.24, 2.45) is 0 Å². The summed E-state index contributed by atoms with van der Waals surface area (Å²) in [5.74, 6) is 0. The van der Waals surface area contributed by atoms with Gasteiger partial charge in [0.2, 0.25) is 0 Å². The molecule has 114 valence electrons. The van der Waals surface area contributed by atoms with Crippen molar-refractivity contribution >= 4 is 27.3 Å².